The molecule has 2 nitrogen and oxygen atoms in total. The van der Waals surface area contributed by atoms with Gasteiger partial charge < -0.3 is 4.42 Å². The molecule has 0 aliphatic heterocycles. The van der Waals surface area contributed by atoms with E-state index >= 15 is 0 Å². The van der Waals surface area contributed by atoms with Gasteiger partial charge in [0.15, 0.2) is 0 Å². The van der Waals surface area contributed by atoms with Crippen molar-refractivity contribution in [3.63, 3.8) is 0 Å². The first-order valence-corrected chi connectivity index (χ1v) is 6.01. The summed E-state index contributed by atoms with van der Waals surface area (Å²) in [5.41, 5.74) is 3.93. The van der Waals surface area contributed by atoms with Crippen LogP contribution in [0.1, 0.15) is 30.5 Å². The average Bonchev–Trinajstić information content (AvgIpc) is 2.20. The molecule has 17 heavy (non-hydrogen) atoms. The zero-order chi connectivity index (χ0) is 12.6. The van der Waals surface area contributed by atoms with Crippen LogP contribution in [0.2, 0.25) is 0 Å². The minimum Gasteiger partial charge on any atom is -0.423 e. The Morgan fingerprint density at radius 3 is 2.41 bits per heavy atom. The van der Waals surface area contributed by atoms with Gasteiger partial charge in [0, 0.05) is 11.5 Å². The zero-order valence-corrected chi connectivity index (χ0v) is 10.8. The highest BCUT2D eigenvalue weighted by Gasteiger charge is 2.08. The first kappa shape index (κ1) is 11.9. The normalized spacial score (nSPS) is 11.4. The van der Waals surface area contributed by atoms with Gasteiger partial charge in [0.2, 0.25) is 0 Å². The summed E-state index contributed by atoms with van der Waals surface area (Å²) in [6, 6.07) is 5.69. The minimum absolute atomic E-state index is 0.253. The van der Waals surface area contributed by atoms with E-state index < -0.39 is 0 Å². The fourth-order valence-corrected chi connectivity index (χ4v) is 2.09. The lowest BCUT2D eigenvalue weighted by Gasteiger charge is -2.09. The van der Waals surface area contributed by atoms with E-state index in [0.717, 1.165) is 22.9 Å². The second-order valence-electron chi connectivity index (χ2n) is 5.12. The van der Waals surface area contributed by atoms with E-state index in [9.17, 15) is 4.79 Å². The van der Waals surface area contributed by atoms with Gasteiger partial charge in [-0.25, -0.2) is 4.79 Å². The summed E-state index contributed by atoms with van der Waals surface area (Å²) in [5, 5.41) is 1.07. The van der Waals surface area contributed by atoms with Crippen LogP contribution in [0, 0.1) is 19.8 Å². The molecule has 1 heterocycles. The number of aryl methyl sites for hydroxylation is 2. The Morgan fingerprint density at radius 1 is 1.12 bits per heavy atom. The first-order valence-electron chi connectivity index (χ1n) is 6.01. The van der Waals surface area contributed by atoms with Crippen molar-refractivity contribution in [2.45, 2.75) is 34.1 Å². The Bertz CT molecular complexity index is 606. The van der Waals surface area contributed by atoms with Gasteiger partial charge in [-0.2, -0.15) is 0 Å². The van der Waals surface area contributed by atoms with Crippen LogP contribution in [0.25, 0.3) is 11.0 Å². The van der Waals surface area contributed by atoms with Crippen molar-refractivity contribution >= 4 is 11.0 Å². The quantitative estimate of drug-likeness (QED) is 0.738. The topological polar surface area (TPSA) is 30.2 Å². The lowest BCUT2D eigenvalue weighted by molar-refractivity contribution is 0.554. The van der Waals surface area contributed by atoms with Crippen LogP contribution in [0.5, 0.6) is 0 Å². The van der Waals surface area contributed by atoms with Crippen molar-refractivity contribution in [3.05, 3.63) is 45.3 Å². The van der Waals surface area contributed by atoms with Gasteiger partial charge in [-0.15, -0.1) is 0 Å². The van der Waals surface area contributed by atoms with E-state index in [-0.39, 0.29) is 5.63 Å². The highest BCUT2D eigenvalue weighted by atomic mass is 16.4. The summed E-state index contributed by atoms with van der Waals surface area (Å²) in [6.07, 6.45) is 0.907. The molecule has 0 amide bonds. The van der Waals surface area contributed by atoms with Gasteiger partial charge in [-0.3, -0.25) is 0 Å². The van der Waals surface area contributed by atoms with Crippen molar-refractivity contribution in [3.8, 4) is 0 Å². The molecular formula is C15H18O2. The number of rotatable bonds is 2. The predicted molar refractivity (Wildman–Crippen MR) is 70.5 cm³/mol. The molecule has 1 aromatic carbocycles. The predicted octanol–water partition coefficient (Wildman–Crippen LogP) is 3.61. The number of hydrogen-bond acceptors (Lipinski definition) is 2. The Kier molecular flexibility index (Phi) is 3.05. The van der Waals surface area contributed by atoms with Gasteiger partial charge in [0.05, 0.1) is 0 Å². The minimum atomic E-state index is -0.253. The molecule has 0 saturated carbocycles. The summed E-state index contributed by atoms with van der Waals surface area (Å²) < 4.78 is 5.26. The maximum atomic E-state index is 11.5. The zero-order valence-electron chi connectivity index (χ0n) is 10.8. The van der Waals surface area contributed by atoms with E-state index in [1.165, 1.54) is 5.56 Å². The lowest BCUT2D eigenvalue weighted by Crippen LogP contribution is -2.04. The Morgan fingerprint density at radius 2 is 1.76 bits per heavy atom. The second-order valence-corrected chi connectivity index (χ2v) is 5.12. The third-order valence-electron chi connectivity index (χ3n) is 3.07. The van der Waals surface area contributed by atoms with Crippen molar-refractivity contribution in [1.82, 2.24) is 0 Å². The Labute approximate surface area is 101 Å². The molecule has 0 spiro atoms. The van der Waals surface area contributed by atoms with Crippen LogP contribution in [0.3, 0.4) is 0 Å². The number of benzene rings is 1. The number of hydrogen-bond donors (Lipinski definition) is 0. The molecule has 0 aliphatic rings. The molecule has 0 bridgehead atoms. The second kappa shape index (κ2) is 4.36. The number of fused-ring (bicyclic) bond motifs is 1. The summed E-state index contributed by atoms with van der Waals surface area (Å²) in [7, 11) is 0. The summed E-state index contributed by atoms with van der Waals surface area (Å²) >= 11 is 0. The largest absolute Gasteiger partial charge is 0.423 e. The van der Waals surface area contributed by atoms with E-state index in [0.29, 0.717) is 11.5 Å². The fourth-order valence-electron chi connectivity index (χ4n) is 2.09. The molecule has 0 atom stereocenters. The lowest BCUT2D eigenvalue weighted by atomic mass is 9.97. The summed E-state index contributed by atoms with van der Waals surface area (Å²) in [4.78, 5) is 11.5. The summed E-state index contributed by atoms with van der Waals surface area (Å²) in [5.74, 6) is 0.529. The van der Waals surface area contributed by atoms with Crippen molar-refractivity contribution in [2.24, 2.45) is 5.92 Å². The molecule has 0 aliphatic carbocycles. The fraction of sp³-hybridized carbons (Fsp3) is 0.400. The van der Waals surface area contributed by atoms with Crippen molar-refractivity contribution < 1.29 is 4.42 Å². The van der Waals surface area contributed by atoms with Crippen LogP contribution in [0.4, 0.5) is 0 Å². The molecule has 1 aromatic heterocycles. The molecule has 0 radical (unpaired) electrons. The molecule has 0 fully saturated rings. The molecule has 90 valence electrons. The monoisotopic (exact) mass is 230 g/mol. The standard InChI is InChI=1S/C15H18O2/c1-9(2)5-12-8-15(16)17-14-7-11(4)10(3)6-13(12)14/h6-9H,5H2,1-4H3. The van der Waals surface area contributed by atoms with Gasteiger partial charge in [0.25, 0.3) is 0 Å². The van der Waals surface area contributed by atoms with Crippen LogP contribution in [0.15, 0.2) is 27.4 Å². The van der Waals surface area contributed by atoms with Crippen molar-refractivity contribution in [1.29, 1.82) is 0 Å². The van der Waals surface area contributed by atoms with Gasteiger partial charge >= 0.3 is 5.63 Å². The SMILES string of the molecule is Cc1cc2oc(=O)cc(CC(C)C)c2cc1C. The molecule has 0 N–H and O–H groups in total. The average molecular weight is 230 g/mol. The molecule has 2 heteroatoms. The van der Waals surface area contributed by atoms with Gasteiger partial charge in [-0.05, 0) is 55.0 Å². The highest BCUT2D eigenvalue weighted by molar-refractivity contribution is 5.81. The summed E-state index contributed by atoms with van der Waals surface area (Å²) in [6.45, 7) is 8.42. The first-order chi connectivity index (χ1) is 7.97. The molecule has 0 saturated heterocycles. The van der Waals surface area contributed by atoms with E-state index in [1.807, 2.05) is 13.0 Å². The van der Waals surface area contributed by atoms with Gasteiger partial charge in [-0.1, -0.05) is 13.8 Å². The van der Waals surface area contributed by atoms with Crippen LogP contribution in [-0.2, 0) is 6.42 Å². The Hall–Kier alpha value is -1.57. The van der Waals surface area contributed by atoms with Crippen LogP contribution in [-0.4, -0.2) is 0 Å². The van der Waals surface area contributed by atoms with E-state index in [2.05, 4.69) is 26.8 Å². The van der Waals surface area contributed by atoms with Crippen LogP contribution < -0.4 is 5.63 Å². The third kappa shape index (κ3) is 2.41. The Balaban J connectivity index is 2.73. The smallest absolute Gasteiger partial charge is 0.336 e. The van der Waals surface area contributed by atoms with E-state index in [4.69, 9.17) is 4.42 Å². The van der Waals surface area contributed by atoms with E-state index in [1.54, 1.807) is 6.07 Å². The maximum absolute atomic E-state index is 11.5. The molecule has 2 rings (SSSR count). The molecule has 0 unspecified atom stereocenters. The van der Waals surface area contributed by atoms with Crippen molar-refractivity contribution in [2.75, 3.05) is 0 Å². The maximum Gasteiger partial charge on any atom is 0.336 e. The molecular weight excluding hydrogens is 212 g/mol. The molecule has 2 aromatic rings. The highest BCUT2D eigenvalue weighted by Crippen LogP contribution is 2.23. The van der Waals surface area contributed by atoms with Crippen LogP contribution >= 0.6 is 0 Å². The van der Waals surface area contributed by atoms with Gasteiger partial charge in [0.1, 0.15) is 5.58 Å². The third-order valence-corrected chi connectivity index (χ3v) is 3.07.